The molecule has 0 spiro atoms. The van der Waals surface area contributed by atoms with Gasteiger partial charge >= 0.3 is 0 Å². The van der Waals surface area contributed by atoms with Crippen LogP contribution in [0, 0.1) is 10.8 Å². The number of hydrogen-bond acceptors (Lipinski definition) is 1. The molecule has 0 atom stereocenters. The first-order chi connectivity index (χ1) is 6.24. The standard InChI is InChI=1S/C12H22O/c1-2-3-11-4-7-12(10-13,8-5-11)9-6-11/h13H,2-10H2,1H3. The summed E-state index contributed by atoms with van der Waals surface area (Å²) in [7, 11) is 0. The van der Waals surface area contributed by atoms with Gasteiger partial charge in [-0.15, -0.1) is 0 Å². The third-order valence-electron chi connectivity index (χ3n) is 4.67. The lowest BCUT2D eigenvalue weighted by Crippen LogP contribution is -2.43. The van der Waals surface area contributed by atoms with Crippen LogP contribution in [-0.4, -0.2) is 11.7 Å². The van der Waals surface area contributed by atoms with Crippen molar-refractivity contribution in [2.24, 2.45) is 10.8 Å². The minimum Gasteiger partial charge on any atom is -0.396 e. The fourth-order valence-corrected chi connectivity index (χ4v) is 3.48. The van der Waals surface area contributed by atoms with Crippen LogP contribution < -0.4 is 0 Å². The van der Waals surface area contributed by atoms with Crippen LogP contribution in [0.2, 0.25) is 0 Å². The van der Waals surface area contributed by atoms with Crippen LogP contribution in [0.5, 0.6) is 0 Å². The summed E-state index contributed by atoms with van der Waals surface area (Å²) in [5, 5.41) is 9.38. The Morgan fingerprint density at radius 3 is 1.77 bits per heavy atom. The lowest BCUT2D eigenvalue weighted by Gasteiger charge is -2.53. The second kappa shape index (κ2) is 3.27. The van der Waals surface area contributed by atoms with Crippen LogP contribution in [-0.2, 0) is 0 Å². The maximum absolute atomic E-state index is 9.38. The topological polar surface area (TPSA) is 20.2 Å². The average Bonchev–Trinajstić information content (AvgIpc) is 2.21. The molecule has 0 aliphatic heterocycles. The highest BCUT2D eigenvalue weighted by Crippen LogP contribution is 2.58. The van der Waals surface area contributed by atoms with Crippen LogP contribution in [0.4, 0.5) is 0 Å². The Bertz CT molecular complexity index is 161. The van der Waals surface area contributed by atoms with E-state index in [1.54, 1.807) is 0 Å². The van der Waals surface area contributed by atoms with Crippen LogP contribution >= 0.6 is 0 Å². The second-order valence-electron chi connectivity index (χ2n) is 5.41. The molecule has 2 bridgehead atoms. The third-order valence-corrected chi connectivity index (χ3v) is 4.67. The molecule has 3 saturated carbocycles. The van der Waals surface area contributed by atoms with Crippen LogP contribution in [0.15, 0.2) is 0 Å². The van der Waals surface area contributed by atoms with Gasteiger partial charge in [0.15, 0.2) is 0 Å². The van der Waals surface area contributed by atoms with E-state index in [0.717, 1.165) is 0 Å². The second-order valence-corrected chi connectivity index (χ2v) is 5.41. The van der Waals surface area contributed by atoms with Crippen molar-refractivity contribution in [3.05, 3.63) is 0 Å². The largest absolute Gasteiger partial charge is 0.396 e. The van der Waals surface area contributed by atoms with E-state index in [9.17, 15) is 5.11 Å². The molecule has 0 aromatic heterocycles. The highest BCUT2D eigenvalue weighted by Gasteiger charge is 2.47. The van der Waals surface area contributed by atoms with E-state index in [0.29, 0.717) is 17.4 Å². The Labute approximate surface area is 81.5 Å². The lowest BCUT2D eigenvalue weighted by molar-refractivity contribution is -0.0461. The van der Waals surface area contributed by atoms with Gasteiger partial charge in [0.25, 0.3) is 0 Å². The Morgan fingerprint density at radius 1 is 0.923 bits per heavy atom. The summed E-state index contributed by atoms with van der Waals surface area (Å²) >= 11 is 0. The molecule has 0 radical (unpaired) electrons. The van der Waals surface area contributed by atoms with Crippen molar-refractivity contribution in [2.75, 3.05) is 6.61 Å². The SMILES string of the molecule is CCCC12CCC(CO)(CC1)CC2. The monoisotopic (exact) mass is 182 g/mol. The molecule has 0 unspecified atom stereocenters. The van der Waals surface area contributed by atoms with Gasteiger partial charge in [-0.2, -0.15) is 0 Å². The van der Waals surface area contributed by atoms with Gasteiger partial charge in [0.05, 0.1) is 0 Å². The Kier molecular flexibility index (Phi) is 2.39. The molecule has 0 amide bonds. The van der Waals surface area contributed by atoms with E-state index in [1.807, 2.05) is 0 Å². The molecule has 3 aliphatic carbocycles. The molecule has 0 heterocycles. The molecule has 0 saturated heterocycles. The van der Waals surface area contributed by atoms with Gasteiger partial charge in [0.2, 0.25) is 0 Å². The van der Waals surface area contributed by atoms with Crippen molar-refractivity contribution in [1.29, 1.82) is 0 Å². The van der Waals surface area contributed by atoms with Crippen molar-refractivity contribution in [2.45, 2.75) is 58.3 Å². The van der Waals surface area contributed by atoms with Crippen LogP contribution in [0.25, 0.3) is 0 Å². The van der Waals surface area contributed by atoms with Gasteiger partial charge < -0.3 is 5.11 Å². The molecule has 76 valence electrons. The minimum atomic E-state index is 0.357. The van der Waals surface area contributed by atoms with Gasteiger partial charge in [0.1, 0.15) is 0 Å². The molecular weight excluding hydrogens is 160 g/mol. The van der Waals surface area contributed by atoms with E-state index in [4.69, 9.17) is 0 Å². The number of rotatable bonds is 3. The minimum absolute atomic E-state index is 0.357. The molecule has 13 heavy (non-hydrogen) atoms. The highest BCUT2D eigenvalue weighted by atomic mass is 16.3. The van der Waals surface area contributed by atoms with Gasteiger partial charge in [0, 0.05) is 6.61 Å². The number of hydrogen-bond donors (Lipinski definition) is 1. The lowest BCUT2D eigenvalue weighted by atomic mass is 9.53. The first-order valence-electron chi connectivity index (χ1n) is 5.85. The van der Waals surface area contributed by atoms with E-state index in [1.165, 1.54) is 51.4 Å². The fraction of sp³-hybridized carbons (Fsp3) is 1.00. The Balaban J connectivity index is 2.03. The molecule has 3 fully saturated rings. The zero-order valence-electron chi connectivity index (χ0n) is 8.81. The van der Waals surface area contributed by atoms with Gasteiger partial charge in [-0.3, -0.25) is 0 Å². The molecule has 3 rings (SSSR count). The summed E-state index contributed by atoms with van der Waals surface area (Å²) in [5.74, 6) is 0. The van der Waals surface area contributed by atoms with Crippen molar-refractivity contribution in [3.63, 3.8) is 0 Å². The third kappa shape index (κ3) is 1.52. The van der Waals surface area contributed by atoms with E-state index >= 15 is 0 Å². The van der Waals surface area contributed by atoms with Crippen LogP contribution in [0.1, 0.15) is 58.3 Å². The summed E-state index contributed by atoms with van der Waals surface area (Å²) in [6, 6.07) is 0. The number of aliphatic hydroxyl groups is 1. The molecule has 1 N–H and O–H groups in total. The smallest absolute Gasteiger partial charge is 0.0487 e. The maximum atomic E-state index is 9.38. The predicted octanol–water partition coefficient (Wildman–Crippen LogP) is 3.12. The summed E-state index contributed by atoms with van der Waals surface area (Å²) < 4.78 is 0. The first-order valence-corrected chi connectivity index (χ1v) is 5.85. The Morgan fingerprint density at radius 2 is 1.38 bits per heavy atom. The normalized spacial score (nSPS) is 43.8. The molecule has 1 nitrogen and oxygen atoms in total. The van der Waals surface area contributed by atoms with Gasteiger partial charge in [-0.1, -0.05) is 13.3 Å². The molecular formula is C12H22O. The van der Waals surface area contributed by atoms with E-state index in [2.05, 4.69) is 6.92 Å². The quantitative estimate of drug-likeness (QED) is 0.711. The predicted molar refractivity (Wildman–Crippen MR) is 54.6 cm³/mol. The average molecular weight is 182 g/mol. The van der Waals surface area contributed by atoms with Crippen molar-refractivity contribution < 1.29 is 5.11 Å². The van der Waals surface area contributed by atoms with Crippen molar-refractivity contribution >= 4 is 0 Å². The molecule has 1 heteroatoms. The molecule has 0 aromatic rings. The summed E-state index contributed by atoms with van der Waals surface area (Å²) in [5.41, 5.74) is 1.06. The summed E-state index contributed by atoms with van der Waals surface area (Å²) in [6.07, 6.45) is 10.8. The number of fused-ring (bicyclic) bond motifs is 3. The Hall–Kier alpha value is -0.0400. The van der Waals surface area contributed by atoms with Crippen molar-refractivity contribution in [3.8, 4) is 0 Å². The molecule has 3 aliphatic rings. The van der Waals surface area contributed by atoms with Gasteiger partial charge in [-0.25, -0.2) is 0 Å². The van der Waals surface area contributed by atoms with E-state index < -0.39 is 0 Å². The van der Waals surface area contributed by atoms with Crippen LogP contribution in [0.3, 0.4) is 0 Å². The maximum Gasteiger partial charge on any atom is 0.0487 e. The fourth-order valence-electron chi connectivity index (χ4n) is 3.48. The van der Waals surface area contributed by atoms with E-state index in [-0.39, 0.29) is 0 Å². The summed E-state index contributed by atoms with van der Waals surface area (Å²) in [4.78, 5) is 0. The first kappa shape index (κ1) is 9.51. The number of aliphatic hydroxyl groups excluding tert-OH is 1. The zero-order valence-corrected chi connectivity index (χ0v) is 8.81. The van der Waals surface area contributed by atoms with Gasteiger partial charge in [-0.05, 0) is 55.8 Å². The molecule has 0 aromatic carbocycles. The zero-order chi connectivity index (χ0) is 9.36. The highest BCUT2D eigenvalue weighted by molar-refractivity contribution is 4.98. The van der Waals surface area contributed by atoms with Crippen molar-refractivity contribution in [1.82, 2.24) is 0 Å². The summed E-state index contributed by atoms with van der Waals surface area (Å²) in [6.45, 7) is 2.74.